The summed E-state index contributed by atoms with van der Waals surface area (Å²) in [5, 5.41) is 9.58. The van der Waals surface area contributed by atoms with E-state index in [4.69, 9.17) is 4.74 Å². The van der Waals surface area contributed by atoms with Gasteiger partial charge in [0.1, 0.15) is 0 Å². The molecule has 1 amide bonds. The van der Waals surface area contributed by atoms with E-state index < -0.39 is 5.41 Å². The molecule has 2 rings (SSSR count). The van der Waals surface area contributed by atoms with Gasteiger partial charge in [-0.15, -0.1) is 0 Å². The number of piperidine rings is 1. The molecule has 1 aliphatic rings. The van der Waals surface area contributed by atoms with Crippen LogP contribution in [0.5, 0.6) is 0 Å². The van der Waals surface area contributed by atoms with Crippen LogP contribution in [0.25, 0.3) is 0 Å². The molecule has 0 saturated carbocycles. The lowest BCUT2D eigenvalue weighted by atomic mass is 9.74. The van der Waals surface area contributed by atoms with Crippen LogP contribution in [0.3, 0.4) is 0 Å². The zero-order valence-electron chi connectivity index (χ0n) is 12.0. The fourth-order valence-electron chi connectivity index (χ4n) is 2.57. The first-order valence-corrected chi connectivity index (χ1v) is 7.00. The molecular weight excluding hydrogens is 252 g/mol. The number of likely N-dealkylation sites (tertiary alicyclic amines) is 1. The van der Waals surface area contributed by atoms with Crippen molar-refractivity contribution >= 4 is 6.09 Å². The van der Waals surface area contributed by atoms with Crippen LogP contribution >= 0.6 is 0 Å². The highest BCUT2D eigenvalue weighted by molar-refractivity contribution is 5.68. The van der Waals surface area contributed by atoms with Gasteiger partial charge in [-0.1, -0.05) is 30.3 Å². The molecule has 1 aromatic carbocycles. The Balaban J connectivity index is 2.06. The molecule has 0 aliphatic carbocycles. The van der Waals surface area contributed by atoms with Gasteiger partial charge in [0.15, 0.2) is 0 Å². The monoisotopic (exact) mass is 272 g/mol. The van der Waals surface area contributed by atoms with Crippen LogP contribution in [0, 0.1) is 11.3 Å². The molecule has 106 valence electrons. The van der Waals surface area contributed by atoms with Gasteiger partial charge in [-0.2, -0.15) is 5.26 Å². The van der Waals surface area contributed by atoms with Crippen LogP contribution in [-0.2, 0) is 10.2 Å². The molecule has 0 spiro atoms. The molecule has 0 aromatic heterocycles. The van der Waals surface area contributed by atoms with E-state index in [1.807, 2.05) is 44.2 Å². The topological polar surface area (TPSA) is 53.3 Å². The highest BCUT2D eigenvalue weighted by Gasteiger charge is 2.38. The van der Waals surface area contributed by atoms with Crippen LogP contribution in [0.2, 0.25) is 0 Å². The summed E-state index contributed by atoms with van der Waals surface area (Å²) in [6.45, 7) is 4.80. The summed E-state index contributed by atoms with van der Waals surface area (Å²) in [4.78, 5) is 13.6. The maximum Gasteiger partial charge on any atom is 0.410 e. The molecule has 1 saturated heterocycles. The Hall–Kier alpha value is -2.02. The summed E-state index contributed by atoms with van der Waals surface area (Å²) in [6.07, 6.45) is 0.917. The van der Waals surface area contributed by atoms with Gasteiger partial charge < -0.3 is 9.64 Å². The van der Waals surface area contributed by atoms with Gasteiger partial charge >= 0.3 is 6.09 Å². The quantitative estimate of drug-likeness (QED) is 0.831. The average Bonchev–Trinajstić information content (AvgIpc) is 2.47. The predicted molar refractivity (Wildman–Crippen MR) is 76.2 cm³/mol. The molecule has 1 aliphatic heterocycles. The Bertz CT molecular complexity index is 497. The first-order chi connectivity index (χ1) is 9.57. The van der Waals surface area contributed by atoms with E-state index >= 15 is 0 Å². The van der Waals surface area contributed by atoms with E-state index in [-0.39, 0.29) is 12.2 Å². The third-order valence-corrected chi connectivity index (χ3v) is 3.75. The number of ether oxygens (including phenoxy) is 1. The van der Waals surface area contributed by atoms with Crippen LogP contribution in [0.4, 0.5) is 4.79 Å². The van der Waals surface area contributed by atoms with Crippen molar-refractivity contribution in [2.45, 2.75) is 38.2 Å². The SMILES string of the molecule is CC(C)OC(=O)N1CCC(C#N)(c2ccccc2)CC1. The Morgan fingerprint density at radius 2 is 1.90 bits per heavy atom. The summed E-state index contributed by atoms with van der Waals surface area (Å²) < 4.78 is 5.20. The number of carbonyl (C=O) groups excluding carboxylic acids is 1. The number of carbonyl (C=O) groups is 1. The molecule has 1 fully saturated rings. The summed E-state index contributed by atoms with van der Waals surface area (Å²) >= 11 is 0. The van der Waals surface area contributed by atoms with E-state index in [0.717, 1.165) is 5.56 Å². The fourth-order valence-corrected chi connectivity index (χ4v) is 2.57. The summed E-state index contributed by atoms with van der Waals surface area (Å²) in [7, 11) is 0. The number of nitrogens with zero attached hydrogens (tertiary/aromatic N) is 2. The molecule has 0 N–H and O–H groups in total. The minimum absolute atomic E-state index is 0.112. The van der Waals surface area contributed by atoms with E-state index in [1.165, 1.54) is 0 Å². The molecule has 4 heteroatoms. The second-order valence-electron chi connectivity index (χ2n) is 5.48. The maximum absolute atomic E-state index is 11.9. The molecule has 0 atom stereocenters. The third kappa shape index (κ3) is 2.93. The molecule has 1 heterocycles. The minimum Gasteiger partial charge on any atom is -0.447 e. The van der Waals surface area contributed by atoms with Gasteiger partial charge in [0.2, 0.25) is 0 Å². The lowest BCUT2D eigenvalue weighted by Crippen LogP contribution is -2.45. The number of hydrogen-bond donors (Lipinski definition) is 0. The van der Waals surface area contributed by atoms with E-state index in [2.05, 4.69) is 6.07 Å². The molecule has 0 unspecified atom stereocenters. The molecule has 0 radical (unpaired) electrons. The average molecular weight is 272 g/mol. The zero-order chi connectivity index (χ0) is 14.6. The molecule has 0 bridgehead atoms. The minimum atomic E-state index is -0.476. The van der Waals surface area contributed by atoms with Crippen molar-refractivity contribution in [2.24, 2.45) is 0 Å². The summed E-state index contributed by atoms with van der Waals surface area (Å²) in [6, 6.07) is 12.3. The number of benzene rings is 1. The predicted octanol–water partition coefficient (Wildman–Crippen LogP) is 3.09. The zero-order valence-corrected chi connectivity index (χ0v) is 12.0. The number of rotatable bonds is 2. The molecular formula is C16H20N2O2. The number of amides is 1. The smallest absolute Gasteiger partial charge is 0.410 e. The van der Waals surface area contributed by atoms with Crippen molar-refractivity contribution in [1.82, 2.24) is 4.90 Å². The number of hydrogen-bond acceptors (Lipinski definition) is 3. The summed E-state index contributed by atoms with van der Waals surface area (Å²) in [5.41, 5.74) is 0.565. The van der Waals surface area contributed by atoms with Crippen molar-refractivity contribution in [3.05, 3.63) is 35.9 Å². The largest absolute Gasteiger partial charge is 0.447 e. The maximum atomic E-state index is 11.9. The second-order valence-corrected chi connectivity index (χ2v) is 5.48. The number of nitriles is 1. The Morgan fingerprint density at radius 1 is 1.30 bits per heavy atom. The van der Waals surface area contributed by atoms with Gasteiger partial charge in [-0.25, -0.2) is 4.79 Å². The van der Waals surface area contributed by atoms with Gasteiger partial charge in [-0.3, -0.25) is 0 Å². The van der Waals surface area contributed by atoms with Crippen molar-refractivity contribution < 1.29 is 9.53 Å². The lowest BCUT2D eigenvalue weighted by Gasteiger charge is -2.37. The van der Waals surface area contributed by atoms with E-state index in [0.29, 0.717) is 25.9 Å². The Morgan fingerprint density at radius 3 is 2.40 bits per heavy atom. The van der Waals surface area contributed by atoms with Crippen molar-refractivity contribution in [1.29, 1.82) is 5.26 Å². The highest BCUT2D eigenvalue weighted by atomic mass is 16.6. The standard InChI is InChI=1S/C16H20N2O2/c1-13(2)20-15(19)18-10-8-16(12-17,9-11-18)14-6-4-3-5-7-14/h3-7,13H,8-11H2,1-2H3. The first kappa shape index (κ1) is 14.4. The van der Waals surface area contributed by atoms with E-state index in [9.17, 15) is 10.1 Å². The lowest BCUT2D eigenvalue weighted by molar-refractivity contribution is 0.0656. The normalized spacial score (nSPS) is 17.6. The van der Waals surface area contributed by atoms with Crippen molar-refractivity contribution in [3.8, 4) is 6.07 Å². The fraction of sp³-hybridized carbons (Fsp3) is 0.500. The highest BCUT2D eigenvalue weighted by Crippen LogP contribution is 2.34. The van der Waals surface area contributed by atoms with E-state index in [1.54, 1.807) is 4.90 Å². The van der Waals surface area contributed by atoms with Gasteiger partial charge in [0.25, 0.3) is 0 Å². The third-order valence-electron chi connectivity index (χ3n) is 3.75. The molecule has 1 aromatic rings. The van der Waals surface area contributed by atoms with Crippen molar-refractivity contribution in [3.63, 3.8) is 0 Å². The Kier molecular flexibility index (Phi) is 4.29. The van der Waals surface area contributed by atoms with Crippen LogP contribution in [0.15, 0.2) is 30.3 Å². The first-order valence-electron chi connectivity index (χ1n) is 7.00. The van der Waals surface area contributed by atoms with Crippen LogP contribution in [0.1, 0.15) is 32.3 Å². The van der Waals surface area contributed by atoms with Crippen molar-refractivity contribution in [2.75, 3.05) is 13.1 Å². The van der Waals surface area contributed by atoms with Crippen LogP contribution < -0.4 is 0 Å². The molecule has 4 nitrogen and oxygen atoms in total. The van der Waals surface area contributed by atoms with Crippen LogP contribution in [-0.4, -0.2) is 30.2 Å². The second kappa shape index (κ2) is 5.96. The van der Waals surface area contributed by atoms with Gasteiger partial charge in [0, 0.05) is 13.1 Å². The summed E-state index contributed by atoms with van der Waals surface area (Å²) in [5.74, 6) is 0. The Labute approximate surface area is 120 Å². The molecule has 20 heavy (non-hydrogen) atoms. The van der Waals surface area contributed by atoms with Gasteiger partial charge in [-0.05, 0) is 32.3 Å². The van der Waals surface area contributed by atoms with Gasteiger partial charge in [0.05, 0.1) is 17.6 Å².